The molecule has 0 aliphatic carbocycles. The van der Waals surface area contributed by atoms with Crippen molar-refractivity contribution >= 4 is 33.8 Å². The third-order valence-corrected chi connectivity index (χ3v) is 5.43. The van der Waals surface area contributed by atoms with Gasteiger partial charge in [-0.3, -0.25) is 4.79 Å². The minimum absolute atomic E-state index is 0.103. The van der Waals surface area contributed by atoms with Crippen LogP contribution < -0.4 is 16.0 Å². The van der Waals surface area contributed by atoms with Gasteiger partial charge in [0.05, 0.1) is 0 Å². The monoisotopic (exact) mass is 398 g/mol. The Balaban J connectivity index is 1.86. The molecule has 0 atom stereocenters. The van der Waals surface area contributed by atoms with E-state index in [2.05, 4.69) is 5.32 Å². The molecule has 1 amide bonds. The molecule has 2 aromatic heterocycles. The molecule has 0 fully saturated rings. The van der Waals surface area contributed by atoms with Crippen molar-refractivity contribution in [1.82, 2.24) is 5.32 Å². The molecule has 154 valence electrons. The van der Waals surface area contributed by atoms with Crippen molar-refractivity contribution in [2.24, 2.45) is 0 Å². The highest BCUT2D eigenvalue weighted by molar-refractivity contribution is 6.00. The standard InChI is InChI=1S/C22H25NO6/c1-11-14(4)28-20-13(3)21-17(10-16(11)20)12(2)15(22(27)29-21)7-8-18(24)23-9-5-6-19(25)26/h10H,5-9H2,1-4H3,(H,23,24)(H,25,26)/p-1. The summed E-state index contributed by atoms with van der Waals surface area (Å²) in [5, 5.41) is 14.9. The first-order valence-corrected chi connectivity index (χ1v) is 9.62. The van der Waals surface area contributed by atoms with Gasteiger partial charge in [0.2, 0.25) is 5.91 Å². The van der Waals surface area contributed by atoms with Crippen LogP contribution in [-0.2, 0) is 16.0 Å². The van der Waals surface area contributed by atoms with Gasteiger partial charge in [0.25, 0.3) is 0 Å². The number of furan rings is 1. The number of aliphatic carboxylic acids is 1. The number of hydrogen-bond acceptors (Lipinski definition) is 6. The Labute approximate surface area is 167 Å². The van der Waals surface area contributed by atoms with Gasteiger partial charge in [-0.1, -0.05) is 0 Å². The highest BCUT2D eigenvalue weighted by Gasteiger charge is 2.19. The zero-order chi connectivity index (χ0) is 21.3. The summed E-state index contributed by atoms with van der Waals surface area (Å²) in [5.74, 6) is -0.555. The number of rotatable bonds is 7. The lowest BCUT2D eigenvalue weighted by Gasteiger charge is -2.10. The molecule has 0 aliphatic rings. The van der Waals surface area contributed by atoms with Gasteiger partial charge in [-0.15, -0.1) is 0 Å². The summed E-state index contributed by atoms with van der Waals surface area (Å²) in [6.07, 6.45) is 0.572. The van der Waals surface area contributed by atoms with Crippen LogP contribution in [0, 0.1) is 27.7 Å². The van der Waals surface area contributed by atoms with Gasteiger partial charge in [0.15, 0.2) is 0 Å². The Morgan fingerprint density at radius 3 is 2.31 bits per heavy atom. The number of carboxylic acid groups (broad SMARTS) is 1. The molecule has 0 aliphatic heterocycles. The molecular weight excluding hydrogens is 374 g/mol. The second-order valence-corrected chi connectivity index (χ2v) is 7.36. The molecule has 7 nitrogen and oxygen atoms in total. The first-order valence-electron chi connectivity index (χ1n) is 9.62. The predicted octanol–water partition coefficient (Wildman–Crippen LogP) is 2.35. The SMILES string of the molecule is Cc1oc2c(C)c3oc(=O)c(CCC(=O)NCCCC(=O)[O-])c(C)c3cc2c1C. The van der Waals surface area contributed by atoms with Gasteiger partial charge in [0.1, 0.15) is 16.9 Å². The third-order valence-electron chi connectivity index (χ3n) is 5.43. The van der Waals surface area contributed by atoms with E-state index < -0.39 is 11.6 Å². The number of carbonyl (C=O) groups is 2. The van der Waals surface area contributed by atoms with Crippen LogP contribution >= 0.6 is 0 Å². The Morgan fingerprint density at radius 1 is 0.966 bits per heavy atom. The summed E-state index contributed by atoms with van der Waals surface area (Å²) in [7, 11) is 0. The number of carbonyl (C=O) groups excluding carboxylic acids is 2. The smallest absolute Gasteiger partial charge is 0.339 e. The number of aryl methyl sites for hydroxylation is 4. The van der Waals surface area contributed by atoms with Gasteiger partial charge in [-0.2, -0.15) is 0 Å². The van der Waals surface area contributed by atoms with Crippen LogP contribution in [-0.4, -0.2) is 18.4 Å². The number of amides is 1. The van der Waals surface area contributed by atoms with Crippen LogP contribution in [0.15, 0.2) is 19.7 Å². The predicted molar refractivity (Wildman–Crippen MR) is 107 cm³/mol. The molecule has 3 aromatic rings. The van der Waals surface area contributed by atoms with Crippen molar-refractivity contribution in [2.45, 2.75) is 53.4 Å². The van der Waals surface area contributed by atoms with E-state index in [0.29, 0.717) is 17.6 Å². The van der Waals surface area contributed by atoms with E-state index in [4.69, 9.17) is 8.83 Å². The fourth-order valence-corrected chi connectivity index (χ4v) is 3.57. The normalized spacial score (nSPS) is 11.3. The zero-order valence-electron chi connectivity index (χ0n) is 17.1. The lowest BCUT2D eigenvalue weighted by Crippen LogP contribution is -2.28. The Bertz CT molecular complexity index is 1170. The van der Waals surface area contributed by atoms with E-state index in [1.54, 1.807) is 0 Å². The fraction of sp³-hybridized carbons (Fsp3) is 0.409. The summed E-state index contributed by atoms with van der Waals surface area (Å²) in [6.45, 7) is 7.88. The van der Waals surface area contributed by atoms with Crippen molar-refractivity contribution in [3.63, 3.8) is 0 Å². The van der Waals surface area contributed by atoms with Crippen molar-refractivity contribution in [3.05, 3.63) is 44.5 Å². The molecular formula is C22H24NO6-. The second-order valence-electron chi connectivity index (χ2n) is 7.36. The molecule has 0 saturated heterocycles. The van der Waals surface area contributed by atoms with Crippen LogP contribution in [0.25, 0.3) is 21.9 Å². The lowest BCUT2D eigenvalue weighted by molar-refractivity contribution is -0.305. The van der Waals surface area contributed by atoms with Crippen LogP contribution in [0.2, 0.25) is 0 Å². The van der Waals surface area contributed by atoms with Gasteiger partial charge in [-0.25, -0.2) is 4.79 Å². The van der Waals surface area contributed by atoms with E-state index >= 15 is 0 Å². The fourth-order valence-electron chi connectivity index (χ4n) is 3.57. The highest BCUT2D eigenvalue weighted by Crippen LogP contribution is 2.34. The maximum atomic E-state index is 12.6. The van der Waals surface area contributed by atoms with Gasteiger partial charge in [-0.05, 0) is 64.2 Å². The molecule has 0 unspecified atom stereocenters. The van der Waals surface area contributed by atoms with Gasteiger partial charge in [0, 0.05) is 40.8 Å². The minimum Gasteiger partial charge on any atom is -0.550 e. The van der Waals surface area contributed by atoms with E-state index in [9.17, 15) is 19.5 Å². The van der Waals surface area contributed by atoms with Crippen molar-refractivity contribution in [1.29, 1.82) is 0 Å². The molecule has 1 aromatic carbocycles. The maximum absolute atomic E-state index is 12.6. The first-order chi connectivity index (χ1) is 13.7. The van der Waals surface area contributed by atoms with E-state index in [1.165, 1.54) is 0 Å². The summed E-state index contributed by atoms with van der Waals surface area (Å²) < 4.78 is 11.4. The van der Waals surface area contributed by atoms with Crippen molar-refractivity contribution in [3.8, 4) is 0 Å². The molecule has 0 bridgehead atoms. The Hall–Kier alpha value is -3.09. The summed E-state index contributed by atoms with van der Waals surface area (Å²) in [5.41, 5.74) is 3.87. The summed E-state index contributed by atoms with van der Waals surface area (Å²) in [4.78, 5) is 35.0. The van der Waals surface area contributed by atoms with E-state index in [-0.39, 0.29) is 31.7 Å². The number of benzene rings is 1. The van der Waals surface area contributed by atoms with Gasteiger partial charge < -0.3 is 24.1 Å². The molecule has 29 heavy (non-hydrogen) atoms. The van der Waals surface area contributed by atoms with Crippen LogP contribution in [0.4, 0.5) is 0 Å². The quantitative estimate of drug-likeness (QED) is 0.483. The van der Waals surface area contributed by atoms with Gasteiger partial charge >= 0.3 is 5.63 Å². The number of carboxylic acids is 1. The Morgan fingerprint density at radius 2 is 1.62 bits per heavy atom. The minimum atomic E-state index is -1.14. The largest absolute Gasteiger partial charge is 0.550 e. The summed E-state index contributed by atoms with van der Waals surface area (Å²) >= 11 is 0. The lowest BCUT2D eigenvalue weighted by atomic mass is 9.98. The molecule has 0 radical (unpaired) electrons. The molecule has 0 spiro atoms. The summed E-state index contributed by atoms with van der Waals surface area (Å²) in [6, 6.07) is 1.98. The molecule has 3 rings (SSSR count). The van der Waals surface area contributed by atoms with Crippen LogP contribution in [0.1, 0.15) is 47.3 Å². The highest BCUT2D eigenvalue weighted by atomic mass is 16.4. The molecule has 0 saturated carbocycles. The van der Waals surface area contributed by atoms with E-state index in [0.717, 1.165) is 38.8 Å². The zero-order valence-corrected chi connectivity index (χ0v) is 17.1. The second kappa shape index (κ2) is 8.11. The molecule has 2 heterocycles. The topological polar surface area (TPSA) is 113 Å². The number of nitrogens with one attached hydrogen (secondary N) is 1. The molecule has 7 heteroatoms. The van der Waals surface area contributed by atoms with Crippen LogP contribution in [0.3, 0.4) is 0 Å². The van der Waals surface area contributed by atoms with Crippen LogP contribution in [0.5, 0.6) is 0 Å². The number of hydrogen-bond donors (Lipinski definition) is 1. The Kier molecular flexibility index (Phi) is 5.77. The van der Waals surface area contributed by atoms with E-state index in [1.807, 2.05) is 33.8 Å². The average Bonchev–Trinajstić information content (AvgIpc) is 2.95. The molecule has 1 N–H and O–H groups in total. The average molecular weight is 398 g/mol. The first kappa shape index (κ1) is 20.6. The van der Waals surface area contributed by atoms with Crippen molar-refractivity contribution in [2.75, 3.05) is 6.54 Å². The number of fused-ring (bicyclic) bond motifs is 2. The third kappa shape index (κ3) is 4.04. The van der Waals surface area contributed by atoms with Crippen molar-refractivity contribution < 1.29 is 23.5 Å². The maximum Gasteiger partial charge on any atom is 0.339 e.